The molecule has 1 aromatic carbocycles. The van der Waals surface area contributed by atoms with Gasteiger partial charge >= 0.3 is 0 Å². The molecule has 166 valence electrons. The first kappa shape index (κ1) is 24.5. The molecule has 2 heterocycles. The van der Waals surface area contributed by atoms with Gasteiger partial charge in [0.1, 0.15) is 12.1 Å². The lowest BCUT2D eigenvalue weighted by Gasteiger charge is -2.36. The maximum atomic E-state index is 14.0. The average Bonchev–Trinajstić information content (AvgIpc) is 3.21. The van der Waals surface area contributed by atoms with Crippen LogP contribution in [0.3, 0.4) is 0 Å². The molecule has 0 radical (unpaired) electrons. The van der Waals surface area contributed by atoms with Crippen LogP contribution in [0.15, 0.2) is 40.0 Å². The molecule has 0 saturated carbocycles. The topological polar surface area (TPSA) is 60.1 Å². The molecule has 0 aliphatic carbocycles. The van der Waals surface area contributed by atoms with Crippen molar-refractivity contribution < 1.29 is 8.91 Å². The monoisotopic (exact) mass is 530 g/mol. The van der Waals surface area contributed by atoms with Crippen LogP contribution >= 0.6 is 24.0 Å². The highest BCUT2D eigenvalue weighted by Gasteiger charge is 2.20. The minimum absolute atomic E-state index is 0. The van der Waals surface area contributed by atoms with E-state index in [1.165, 1.54) is 0 Å². The summed E-state index contributed by atoms with van der Waals surface area (Å²) in [6.45, 7) is 8.50. The zero-order valence-electron chi connectivity index (χ0n) is 18.0. The van der Waals surface area contributed by atoms with Crippen molar-refractivity contribution in [1.82, 2.24) is 25.2 Å². The lowest BCUT2D eigenvalue weighted by atomic mass is 10.1. The van der Waals surface area contributed by atoms with Gasteiger partial charge < -0.3 is 19.6 Å². The highest BCUT2D eigenvalue weighted by Crippen LogP contribution is 2.14. The van der Waals surface area contributed by atoms with E-state index >= 15 is 0 Å². The summed E-state index contributed by atoms with van der Waals surface area (Å²) in [5.74, 6) is 0.744. The van der Waals surface area contributed by atoms with Crippen molar-refractivity contribution in [2.45, 2.75) is 26.6 Å². The number of hydrogen-bond acceptors (Lipinski definition) is 5. The van der Waals surface area contributed by atoms with Crippen LogP contribution in [0, 0.1) is 5.82 Å². The molecule has 3 rings (SSSR count). The van der Waals surface area contributed by atoms with E-state index in [-0.39, 0.29) is 29.8 Å². The van der Waals surface area contributed by atoms with Gasteiger partial charge in [0.25, 0.3) is 0 Å². The minimum atomic E-state index is -0.165. The number of hydrogen-bond donors (Lipinski definition) is 1. The van der Waals surface area contributed by atoms with E-state index in [2.05, 4.69) is 27.2 Å². The Morgan fingerprint density at radius 1 is 1.23 bits per heavy atom. The Kier molecular flexibility index (Phi) is 9.99. The molecular formula is C21H32FIN6O. The van der Waals surface area contributed by atoms with Gasteiger partial charge in [-0.2, -0.15) is 0 Å². The number of aliphatic imine (C=N–C) groups is 1. The number of piperazine rings is 1. The van der Waals surface area contributed by atoms with Crippen molar-refractivity contribution in [2.75, 3.05) is 46.8 Å². The fourth-order valence-corrected chi connectivity index (χ4v) is 3.45. The van der Waals surface area contributed by atoms with Gasteiger partial charge in [0.05, 0.1) is 12.2 Å². The molecule has 0 atom stereocenters. The number of rotatable bonds is 7. The molecule has 1 aliphatic heterocycles. The summed E-state index contributed by atoms with van der Waals surface area (Å²) in [7, 11) is 3.88. The Morgan fingerprint density at radius 3 is 2.63 bits per heavy atom. The molecule has 0 bridgehead atoms. The van der Waals surface area contributed by atoms with Crippen molar-refractivity contribution in [2.24, 2.45) is 4.99 Å². The van der Waals surface area contributed by atoms with Crippen LogP contribution in [0.4, 0.5) is 4.39 Å². The molecule has 0 spiro atoms. The zero-order chi connectivity index (χ0) is 20.6. The van der Waals surface area contributed by atoms with Gasteiger partial charge in [0.15, 0.2) is 5.96 Å². The second-order valence-electron chi connectivity index (χ2n) is 7.59. The van der Waals surface area contributed by atoms with E-state index in [4.69, 9.17) is 9.52 Å². The summed E-state index contributed by atoms with van der Waals surface area (Å²) in [6, 6.07) is 7.18. The molecule has 9 heteroatoms. The minimum Gasteiger partial charge on any atom is -0.364 e. The standard InChI is InChI=1S/C21H31FN6O.HI/c1-4-23-21(24-14-17-5-6-20(22)18(13-17)15-26(2)3)28-10-8-27(9-11-28)16-19-7-12-29-25-19;/h5-7,12-13H,4,8-11,14-16H2,1-3H3,(H,23,24);1H. The van der Waals surface area contributed by atoms with E-state index < -0.39 is 0 Å². The maximum Gasteiger partial charge on any atom is 0.194 e. The lowest BCUT2D eigenvalue weighted by molar-refractivity contribution is 0.169. The van der Waals surface area contributed by atoms with Crippen LogP contribution < -0.4 is 5.32 Å². The summed E-state index contributed by atoms with van der Waals surface area (Å²) in [5.41, 5.74) is 2.68. The third kappa shape index (κ3) is 7.21. The van der Waals surface area contributed by atoms with Gasteiger partial charge in [0.2, 0.25) is 0 Å². The third-order valence-electron chi connectivity index (χ3n) is 4.89. The van der Waals surface area contributed by atoms with Crippen molar-refractivity contribution in [3.05, 3.63) is 53.2 Å². The normalized spacial score (nSPS) is 15.4. The molecule has 1 N–H and O–H groups in total. The Morgan fingerprint density at radius 2 is 2.00 bits per heavy atom. The largest absolute Gasteiger partial charge is 0.364 e. The quantitative estimate of drug-likeness (QED) is 0.338. The Hall–Kier alpha value is -1.72. The lowest BCUT2D eigenvalue weighted by Crippen LogP contribution is -2.52. The molecule has 1 aromatic heterocycles. The predicted octanol–water partition coefficient (Wildman–Crippen LogP) is 2.78. The number of nitrogens with one attached hydrogen (secondary N) is 1. The molecule has 1 saturated heterocycles. The zero-order valence-corrected chi connectivity index (χ0v) is 20.3. The van der Waals surface area contributed by atoms with Crippen molar-refractivity contribution in [3.8, 4) is 0 Å². The van der Waals surface area contributed by atoms with Gasteiger partial charge in [-0.15, -0.1) is 24.0 Å². The van der Waals surface area contributed by atoms with Crippen molar-refractivity contribution in [1.29, 1.82) is 0 Å². The number of benzene rings is 1. The maximum absolute atomic E-state index is 14.0. The van der Waals surface area contributed by atoms with E-state index in [1.807, 2.05) is 37.2 Å². The smallest absolute Gasteiger partial charge is 0.194 e. The summed E-state index contributed by atoms with van der Waals surface area (Å²) in [6.07, 6.45) is 1.61. The van der Waals surface area contributed by atoms with E-state index in [0.29, 0.717) is 18.7 Å². The fraction of sp³-hybridized carbons (Fsp3) is 0.524. The first-order valence-electron chi connectivity index (χ1n) is 10.1. The second-order valence-corrected chi connectivity index (χ2v) is 7.59. The highest BCUT2D eigenvalue weighted by molar-refractivity contribution is 14.0. The number of guanidine groups is 1. The van der Waals surface area contributed by atoms with Crippen molar-refractivity contribution in [3.63, 3.8) is 0 Å². The Bertz CT molecular complexity index is 791. The SMILES string of the molecule is CCNC(=NCc1ccc(F)c(CN(C)C)c1)N1CCN(Cc2ccon2)CC1.I. The molecule has 30 heavy (non-hydrogen) atoms. The Labute approximate surface area is 195 Å². The number of aromatic nitrogens is 1. The van der Waals surface area contributed by atoms with Gasteiger partial charge in [-0.3, -0.25) is 4.90 Å². The van der Waals surface area contributed by atoms with Crippen LogP contribution in [0.1, 0.15) is 23.7 Å². The molecule has 1 fully saturated rings. The van der Waals surface area contributed by atoms with Gasteiger partial charge in [-0.1, -0.05) is 11.2 Å². The van der Waals surface area contributed by atoms with Gasteiger partial charge in [-0.05, 0) is 38.7 Å². The summed E-state index contributed by atoms with van der Waals surface area (Å²) in [4.78, 5) is 11.4. The highest BCUT2D eigenvalue weighted by atomic mass is 127. The predicted molar refractivity (Wildman–Crippen MR) is 127 cm³/mol. The summed E-state index contributed by atoms with van der Waals surface area (Å²) >= 11 is 0. The number of nitrogens with zero attached hydrogens (tertiary/aromatic N) is 5. The van der Waals surface area contributed by atoms with Gasteiger partial charge in [-0.25, -0.2) is 9.38 Å². The molecular weight excluding hydrogens is 498 g/mol. The van der Waals surface area contributed by atoms with E-state index in [0.717, 1.165) is 56.5 Å². The molecule has 7 nitrogen and oxygen atoms in total. The van der Waals surface area contributed by atoms with Crippen LogP contribution in [-0.4, -0.2) is 72.6 Å². The Balaban J connectivity index is 0.00000320. The molecule has 0 amide bonds. The van der Waals surface area contributed by atoms with Crippen molar-refractivity contribution >= 4 is 29.9 Å². The van der Waals surface area contributed by atoms with Crippen LogP contribution in [0.25, 0.3) is 0 Å². The van der Waals surface area contributed by atoms with Crippen LogP contribution in [0.5, 0.6) is 0 Å². The first-order chi connectivity index (χ1) is 14.0. The third-order valence-corrected chi connectivity index (χ3v) is 4.89. The van der Waals surface area contributed by atoms with E-state index in [1.54, 1.807) is 12.3 Å². The van der Waals surface area contributed by atoms with Crippen LogP contribution in [0.2, 0.25) is 0 Å². The molecule has 0 unspecified atom stereocenters. The first-order valence-corrected chi connectivity index (χ1v) is 10.1. The summed E-state index contributed by atoms with van der Waals surface area (Å²) in [5, 5.41) is 7.38. The van der Waals surface area contributed by atoms with Gasteiger partial charge in [0, 0.05) is 57.4 Å². The fourth-order valence-electron chi connectivity index (χ4n) is 3.45. The molecule has 2 aromatic rings. The van der Waals surface area contributed by atoms with Crippen LogP contribution in [-0.2, 0) is 19.6 Å². The number of halogens is 2. The average molecular weight is 530 g/mol. The summed E-state index contributed by atoms with van der Waals surface area (Å²) < 4.78 is 18.9. The van der Waals surface area contributed by atoms with E-state index in [9.17, 15) is 4.39 Å². The second kappa shape index (κ2) is 12.2. The molecule has 1 aliphatic rings.